The van der Waals surface area contributed by atoms with Crippen molar-refractivity contribution in [3.05, 3.63) is 33.9 Å². The van der Waals surface area contributed by atoms with Gasteiger partial charge in [-0.3, -0.25) is 0 Å². The topological polar surface area (TPSA) is 46.5 Å². The van der Waals surface area contributed by atoms with Crippen LogP contribution in [0.3, 0.4) is 0 Å². The summed E-state index contributed by atoms with van der Waals surface area (Å²) < 4.78 is 45.9. The van der Waals surface area contributed by atoms with Crippen molar-refractivity contribution in [1.29, 1.82) is 0 Å². The smallest absolute Gasteiger partial charge is 0.432 e. The lowest BCUT2D eigenvalue weighted by Gasteiger charge is -2.38. The Bertz CT molecular complexity index is 673. The maximum Gasteiger partial charge on any atom is 0.432 e. The number of ether oxygens (including phenoxy) is 1. The average molecular weight is 414 g/mol. The molecule has 1 N–H and O–H groups in total. The molecule has 0 aromatic heterocycles. The second kappa shape index (κ2) is 6.36. The third kappa shape index (κ3) is 3.08. The van der Waals surface area contributed by atoms with Crippen LogP contribution in [0.1, 0.15) is 24.5 Å². The summed E-state index contributed by atoms with van der Waals surface area (Å²) in [7, 11) is 0. The molecule has 1 heterocycles. The Labute approximate surface area is 144 Å². The zero-order valence-electron chi connectivity index (χ0n) is 12.0. The Kier molecular flexibility index (Phi) is 5.01. The molecule has 1 unspecified atom stereocenters. The predicted octanol–water partition coefficient (Wildman–Crippen LogP) is 4.85. The van der Waals surface area contributed by atoms with Crippen LogP contribution in [0.25, 0.3) is 6.08 Å². The quantitative estimate of drug-likeness (QED) is 0.718. The summed E-state index contributed by atoms with van der Waals surface area (Å²) in [5, 5.41) is 10.1. The predicted molar refractivity (Wildman–Crippen MR) is 84.3 cm³/mol. The molecule has 0 bridgehead atoms. The average Bonchev–Trinajstić information content (AvgIpc) is 2.45. The summed E-state index contributed by atoms with van der Waals surface area (Å²) in [5.74, 6) is -1.69. The minimum atomic E-state index is -4.86. The monoisotopic (exact) mass is 412 g/mol. The molecule has 1 aromatic carbocycles. The number of fused-ring (bicyclic) bond motifs is 1. The number of hydrogen-bond donors (Lipinski definition) is 1. The van der Waals surface area contributed by atoms with E-state index in [1.165, 1.54) is 19.1 Å². The van der Waals surface area contributed by atoms with E-state index in [9.17, 15) is 23.1 Å². The highest BCUT2D eigenvalue weighted by atomic mass is 79.9. The molecule has 3 nitrogen and oxygen atoms in total. The van der Waals surface area contributed by atoms with E-state index >= 15 is 0 Å². The summed E-state index contributed by atoms with van der Waals surface area (Å²) >= 11 is 9.33. The van der Waals surface area contributed by atoms with Crippen molar-refractivity contribution >= 4 is 39.6 Å². The fourth-order valence-electron chi connectivity index (χ4n) is 2.53. The molecule has 0 fully saturated rings. The molecule has 23 heavy (non-hydrogen) atoms. The molecule has 0 saturated carbocycles. The highest BCUT2D eigenvalue weighted by Crippen LogP contribution is 2.48. The Morgan fingerprint density at radius 3 is 2.57 bits per heavy atom. The molecule has 0 radical (unpaired) electrons. The number of aryl methyl sites for hydroxylation is 1. The Hall–Kier alpha value is -1.21. The lowest BCUT2D eigenvalue weighted by atomic mass is 9.85. The maximum absolute atomic E-state index is 13.6. The normalized spacial score (nSPS) is 20.5. The van der Waals surface area contributed by atoms with Gasteiger partial charge in [0, 0.05) is 15.9 Å². The maximum atomic E-state index is 13.6. The van der Waals surface area contributed by atoms with Gasteiger partial charge in [-0.25, -0.2) is 4.79 Å². The van der Waals surface area contributed by atoms with Crippen LogP contribution in [0.15, 0.2) is 17.7 Å². The first-order valence-corrected chi connectivity index (χ1v) is 8.25. The van der Waals surface area contributed by atoms with Crippen molar-refractivity contribution in [3.8, 4) is 5.75 Å². The number of alkyl halides is 4. The van der Waals surface area contributed by atoms with Crippen molar-refractivity contribution < 1.29 is 27.8 Å². The van der Waals surface area contributed by atoms with Crippen molar-refractivity contribution in [2.75, 3.05) is 5.33 Å². The molecule has 1 aliphatic rings. The first kappa shape index (κ1) is 18.1. The van der Waals surface area contributed by atoms with Crippen LogP contribution in [0.4, 0.5) is 13.2 Å². The van der Waals surface area contributed by atoms with Gasteiger partial charge in [-0.1, -0.05) is 34.5 Å². The summed E-state index contributed by atoms with van der Waals surface area (Å²) in [6.07, 6.45) is -3.92. The van der Waals surface area contributed by atoms with Gasteiger partial charge >= 0.3 is 12.1 Å². The molecule has 126 valence electrons. The second-order valence-electron chi connectivity index (χ2n) is 5.06. The highest BCUT2D eigenvalue weighted by molar-refractivity contribution is 9.09. The molecule has 1 aliphatic heterocycles. The summed E-state index contributed by atoms with van der Waals surface area (Å²) in [5.41, 5.74) is -2.87. The van der Waals surface area contributed by atoms with Gasteiger partial charge < -0.3 is 9.84 Å². The SMILES string of the molecule is CCC1(C(F)(F)F)Oc2cc(CCBr)c(Cl)cc2C=C1C(=O)O. The lowest BCUT2D eigenvalue weighted by Crippen LogP contribution is -2.54. The van der Waals surface area contributed by atoms with Gasteiger partial charge in [-0.05, 0) is 36.6 Å². The van der Waals surface area contributed by atoms with E-state index in [-0.39, 0.29) is 11.3 Å². The Morgan fingerprint density at radius 2 is 2.09 bits per heavy atom. The van der Waals surface area contributed by atoms with Gasteiger partial charge in [0.05, 0.1) is 5.57 Å². The summed E-state index contributed by atoms with van der Waals surface area (Å²) in [4.78, 5) is 11.4. The van der Waals surface area contributed by atoms with E-state index in [1.807, 2.05) is 0 Å². The van der Waals surface area contributed by atoms with Gasteiger partial charge in [-0.15, -0.1) is 0 Å². The number of carboxylic acids is 1. The Balaban J connectivity index is 2.67. The fourth-order valence-corrected chi connectivity index (χ4v) is 3.22. The van der Waals surface area contributed by atoms with E-state index in [0.717, 1.165) is 6.08 Å². The van der Waals surface area contributed by atoms with Crippen molar-refractivity contribution in [3.63, 3.8) is 0 Å². The minimum Gasteiger partial charge on any atom is -0.478 e. The van der Waals surface area contributed by atoms with Gasteiger partial charge in [-0.2, -0.15) is 13.2 Å². The van der Waals surface area contributed by atoms with Gasteiger partial charge in [0.2, 0.25) is 5.60 Å². The summed E-state index contributed by atoms with van der Waals surface area (Å²) in [6.45, 7) is 1.24. The highest BCUT2D eigenvalue weighted by Gasteiger charge is 2.61. The van der Waals surface area contributed by atoms with E-state index < -0.39 is 29.7 Å². The van der Waals surface area contributed by atoms with Gasteiger partial charge in [0.25, 0.3) is 0 Å². The third-order valence-electron chi connectivity index (χ3n) is 3.75. The van der Waals surface area contributed by atoms with Crippen LogP contribution in [-0.2, 0) is 11.2 Å². The number of rotatable bonds is 4. The molecule has 0 spiro atoms. The number of benzene rings is 1. The van der Waals surface area contributed by atoms with E-state index in [4.69, 9.17) is 16.3 Å². The molecule has 0 amide bonds. The molecular formula is C15H13BrClF3O3. The second-order valence-corrected chi connectivity index (χ2v) is 6.26. The largest absolute Gasteiger partial charge is 0.478 e. The third-order valence-corrected chi connectivity index (χ3v) is 4.50. The number of aliphatic carboxylic acids is 1. The zero-order chi connectivity index (χ0) is 17.4. The van der Waals surface area contributed by atoms with Crippen LogP contribution in [0.2, 0.25) is 5.02 Å². The van der Waals surface area contributed by atoms with Crippen LogP contribution in [-0.4, -0.2) is 28.2 Å². The van der Waals surface area contributed by atoms with Crippen LogP contribution in [0.5, 0.6) is 5.75 Å². The van der Waals surface area contributed by atoms with Crippen molar-refractivity contribution in [2.24, 2.45) is 0 Å². The number of hydrogen-bond acceptors (Lipinski definition) is 2. The number of carbonyl (C=O) groups is 1. The molecule has 8 heteroatoms. The first-order chi connectivity index (χ1) is 10.7. The Morgan fingerprint density at radius 1 is 1.43 bits per heavy atom. The molecule has 0 aliphatic carbocycles. The molecular weight excluding hydrogens is 401 g/mol. The molecule has 2 rings (SSSR count). The van der Waals surface area contributed by atoms with E-state index in [0.29, 0.717) is 22.3 Å². The van der Waals surface area contributed by atoms with Crippen LogP contribution < -0.4 is 4.74 Å². The van der Waals surface area contributed by atoms with Gasteiger partial charge in [0.15, 0.2) is 0 Å². The minimum absolute atomic E-state index is 0.0190. The lowest BCUT2D eigenvalue weighted by molar-refractivity contribution is -0.236. The zero-order valence-corrected chi connectivity index (χ0v) is 14.3. The van der Waals surface area contributed by atoms with Crippen molar-refractivity contribution in [1.82, 2.24) is 0 Å². The standard InChI is InChI=1S/C15H13BrClF3O3/c1-2-14(15(18,19)20)10(13(21)22)5-9-6-11(17)8(3-4-16)7-12(9)23-14/h5-7H,2-4H2,1H3,(H,21,22). The fraction of sp³-hybridized carbons (Fsp3) is 0.400. The first-order valence-electron chi connectivity index (χ1n) is 6.76. The number of carboxylic acid groups (broad SMARTS) is 1. The van der Waals surface area contributed by atoms with Crippen LogP contribution in [0, 0.1) is 0 Å². The van der Waals surface area contributed by atoms with E-state index in [2.05, 4.69) is 15.9 Å². The van der Waals surface area contributed by atoms with Gasteiger partial charge in [0.1, 0.15) is 5.75 Å². The molecule has 1 aromatic rings. The summed E-state index contributed by atoms with van der Waals surface area (Å²) in [6, 6.07) is 2.86. The molecule has 1 atom stereocenters. The molecule has 0 saturated heterocycles. The van der Waals surface area contributed by atoms with E-state index in [1.54, 1.807) is 0 Å². The van der Waals surface area contributed by atoms with Crippen LogP contribution >= 0.6 is 27.5 Å². The number of halogens is 5. The van der Waals surface area contributed by atoms with Crippen molar-refractivity contribution in [2.45, 2.75) is 31.5 Å².